The van der Waals surface area contributed by atoms with Crippen LogP contribution in [-0.4, -0.2) is 59.5 Å². The van der Waals surface area contributed by atoms with Crippen molar-refractivity contribution in [2.24, 2.45) is 0 Å². The number of hydrogen-bond acceptors (Lipinski definition) is 8. The molecule has 1 amide bonds. The molecule has 0 saturated carbocycles. The quantitative estimate of drug-likeness (QED) is 0.255. The van der Waals surface area contributed by atoms with E-state index in [4.69, 9.17) is 0 Å². The molecule has 4 rings (SSSR count). The fourth-order valence-electron chi connectivity index (χ4n) is 4.17. The smallest absolute Gasteiger partial charge is 0.303 e. The predicted molar refractivity (Wildman–Crippen MR) is 130 cm³/mol. The molecular weight excluding hydrogens is 464 g/mol. The molecule has 4 aromatic rings. The first-order valence-corrected chi connectivity index (χ1v) is 11.2. The highest BCUT2D eigenvalue weighted by molar-refractivity contribution is 5.94. The van der Waals surface area contributed by atoms with E-state index in [0.717, 1.165) is 11.1 Å². The molecule has 0 aliphatic carbocycles. The number of tetrazole rings is 1. The number of aromatic amines is 2. The first-order chi connectivity index (χ1) is 17.2. The van der Waals surface area contributed by atoms with Gasteiger partial charge in [0.2, 0.25) is 5.82 Å². The summed E-state index contributed by atoms with van der Waals surface area (Å²) in [4.78, 5) is 46.2. The molecule has 4 N–H and O–H groups in total. The standard InChI is InChI=1S/C24H26N8O4/c1-14-11-19-18(22(36)26-15(2)25-19)12-17(14)13-32(3)24(10-9-20(33)34,23-28-30-31-29-23)27-21(35)16-7-5-4-6-8-16/h4-8,11-12H,9-10,13H2,1-3H3,(H,27,35)(H,33,34)(H,25,26,36)(H,28,29,30,31). The van der Waals surface area contributed by atoms with E-state index in [0.29, 0.717) is 22.3 Å². The summed E-state index contributed by atoms with van der Waals surface area (Å²) in [6.45, 7) is 3.85. The zero-order chi connectivity index (χ0) is 25.9. The van der Waals surface area contributed by atoms with Crippen LogP contribution in [0.25, 0.3) is 10.9 Å². The van der Waals surface area contributed by atoms with Gasteiger partial charge in [0.15, 0.2) is 5.66 Å². The van der Waals surface area contributed by atoms with E-state index in [1.807, 2.05) is 13.0 Å². The van der Waals surface area contributed by atoms with Crippen LogP contribution >= 0.6 is 0 Å². The number of rotatable bonds is 9. The van der Waals surface area contributed by atoms with Crippen LogP contribution < -0.4 is 10.9 Å². The number of carbonyl (C=O) groups is 2. The lowest BCUT2D eigenvalue weighted by molar-refractivity contribution is -0.138. The molecule has 1 atom stereocenters. The van der Waals surface area contributed by atoms with Gasteiger partial charge in [-0.2, -0.15) is 5.21 Å². The first kappa shape index (κ1) is 24.7. The summed E-state index contributed by atoms with van der Waals surface area (Å²) in [5.74, 6) is -0.835. The zero-order valence-electron chi connectivity index (χ0n) is 20.1. The predicted octanol–water partition coefficient (Wildman–Crippen LogP) is 1.63. The van der Waals surface area contributed by atoms with Crippen molar-refractivity contribution in [3.63, 3.8) is 0 Å². The van der Waals surface area contributed by atoms with Crippen molar-refractivity contribution in [2.75, 3.05) is 7.05 Å². The third kappa shape index (κ3) is 4.98. The number of amides is 1. The summed E-state index contributed by atoms with van der Waals surface area (Å²) in [5, 5.41) is 27.1. The maximum atomic E-state index is 13.3. The Hall–Kier alpha value is -4.45. The molecular formula is C24H26N8O4. The number of aliphatic carboxylic acids is 1. The van der Waals surface area contributed by atoms with Gasteiger partial charge in [0.25, 0.3) is 11.5 Å². The van der Waals surface area contributed by atoms with Crippen molar-refractivity contribution in [3.05, 3.63) is 81.2 Å². The lowest BCUT2D eigenvalue weighted by atomic mass is 9.97. The minimum absolute atomic E-state index is 0.0368. The van der Waals surface area contributed by atoms with Crippen molar-refractivity contribution < 1.29 is 14.7 Å². The monoisotopic (exact) mass is 490 g/mol. The van der Waals surface area contributed by atoms with Crippen LogP contribution in [0, 0.1) is 13.8 Å². The number of aromatic nitrogens is 6. The second-order valence-corrected chi connectivity index (χ2v) is 8.61. The largest absolute Gasteiger partial charge is 0.481 e. The Kier molecular flexibility index (Phi) is 6.88. The number of nitrogens with one attached hydrogen (secondary N) is 3. The number of carboxylic acid groups (broad SMARTS) is 1. The minimum Gasteiger partial charge on any atom is -0.481 e. The molecule has 12 heteroatoms. The first-order valence-electron chi connectivity index (χ1n) is 11.2. The fourth-order valence-corrected chi connectivity index (χ4v) is 4.17. The molecule has 0 radical (unpaired) electrons. The Morgan fingerprint density at radius 2 is 1.92 bits per heavy atom. The van der Waals surface area contributed by atoms with Crippen LogP contribution in [0.15, 0.2) is 47.3 Å². The van der Waals surface area contributed by atoms with E-state index in [-0.39, 0.29) is 30.8 Å². The second-order valence-electron chi connectivity index (χ2n) is 8.61. The van der Waals surface area contributed by atoms with E-state index < -0.39 is 17.5 Å². The van der Waals surface area contributed by atoms with E-state index in [1.54, 1.807) is 55.3 Å². The number of H-pyrrole nitrogens is 2. The zero-order valence-corrected chi connectivity index (χ0v) is 20.1. The van der Waals surface area contributed by atoms with Crippen molar-refractivity contribution in [1.29, 1.82) is 0 Å². The summed E-state index contributed by atoms with van der Waals surface area (Å²) >= 11 is 0. The number of carbonyl (C=O) groups excluding carboxylic acids is 1. The van der Waals surface area contributed by atoms with Gasteiger partial charge in [-0.1, -0.05) is 23.4 Å². The maximum absolute atomic E-state index is 13.3. The second kappa shape index (κ2) is 10.0. The Morgan fingerprint density at radius 3 is 2.58 bits per heavy atom. The summed E-state index contributed by atoms with van der Waals surface area (Å²) in [7, 11) is 1.73. The molecule has 2 aromatic carbocycles. The lowest BCUT2D eigenvalue weighted by Gasteiger charge is -2.40. The van der Waals surface area contributed by atoms with Gasteiger partial charge in [-0.3, -0.25) is 19.3 Å². The molecule has 0 fully saturated rings. The van der Waals surface area contributed by atoms with Crippen LogP contribution in [0.4, 0.5) is 0 Å². The van der Waals surface area contributed by atoms with Gasteiger partial charge in [-0.05, 0) is 56.3 Å². The van der Waals surface area contributed by atoms with Gasteiger partial charge in [0.05, 0.1) is 10.9 Å². The molecule has 0 bridgehead atoms. The van der Waals surface area contributed by atoms with Crippen LogP contribution in [0.1, 0.15) is 46.0 Å². The van der Waals surface area contributed by atoms with Crippen LogP contribution in [0.5, 0.6) is 0 Å². The van der Waals surface area contributed by atoms with E-state index in [2.05, 4.69) is 35.9 Å². The van der Waals surface area contributed by atoms with Gasteiger partial charge < -0.3 is 15.4 Å². The normalized spacial score (nSPS) is 13.0. The Balaban J connectivity index is 1.78. The number of fused-ring (bicyclic) bond motifs is 1. The van der Waals surface area contributed by atoms with Crippen molar-refractivity contribution in [3.8, 4) is 0 Å². The van der Waals surface area contributed by atoms with Gasteiger partial charge in [-0.25, -0.2) is 4.98 Å². The summed E-state index contributed by atoms with van der Waals surface area (Å²) < 4.78 is 0. The molecule has 0 aliphatic heterocycles. The number of carboxylic acids is 1. The molecule has 186 valence electrons. The number of nitrogens with zero attached hydrogens (tertiary/aromatic N) is 5. The molecule has 0 aliphatic rings. The maximum Gasteiger partial charge on any atom is 0.303 e. The lowest BCUT2D eigenvalue weighted by Crippen LogP contribution is -2.57. The average Bonchev–Trinajstić information content (AvgIpc) is 3.38. The number of aryl methyl sites for hydroxylation is 2. The SMILES string of the molecule is Cc1nc2cc(C)c(CN(C)C(CCC(=O)O)(NC(=O)c3ccccc3)c3nn[nH]n3)cc2c(=O)[nH]1. The van der Waals surface area contributed by atoms with Gasteiger partial charge in [-0.15, -0.1) is 10.2 Å². The minimum atomic E-state index is -1.42. The topological polar surface area (TPSA) is 170 Å². The Morgan fingerprint density at radius 1 is 1.17 bits per heavy atom. The van der Waals surface area contributed by atoms with Crippen LogP contribution in [0.3, 0.4) is 0 Å². The highest BCUT2D eigenvalue weighted by atomic mass is 16.4. The highest BCUT2D eigenvalue weighted by Gasteiger charge is 2.43. The van der Waals surface area contributed by atoms with Crippen LogP contribution in [-0.2, 0) is 17.0 Å². The van der Waals surface area contributed by atoms with Crippen molar-refractivity contribution in [2.45, 2.75) is 38.9 Å². The third-order valence-electron chi connectivity index (χ3n) is 6.11. The van der Waals surface area contributed by atoms with E-state index in [1.165, 1.54) is 0 Å². The molecule has 2 aromatic heterocycles. The summed E-state index contributed by atoms with van der Waals surface area (Å²) in [5.41, 5.74) is 0.961. The van der Waals surface area contributed by atoms with Crippen LogP contribution in [0.2, 0.25) is 0 Å². The molecule has 0 spiro atoms. The molecule has 36 heavy (non-hydrogen) atoms. The van der Waals surface area contributed by atoms with E-state index in [9.17, 15) is 19.5 Å². The van der Waals surface area contributed by atoms with Gasteiger partial charge in [0.1, 0.15) is 5.82 Å². The van der Waals surface area contributed by atoms with Crippen molar-refractivity contribution in [1.82, 2.24) is 40.8 Å². The van der Waals surface area contributed by atoms with E-state index >= 15 is 0 Å². The summed E-state index contributed by atoms with van der Waals surface area (Å²) in [6.07, 6.45) is -0.307. The Bertz CT molecular complexity index is 1450. The molecule has 1 unspecified atom stereocenters. The molecule has 12 nitrogen and oxygen atoms in total. The third-order valence-corrected chi connectivity index (χ3v) is 6.11. The fraction of sp³-hybridized carbons (Fsp3) is 0.292. The Labute approximate surface area is 205 Å². The van der Waals surface area contributed by atoms with Crippen molar-refractivity contribution >= 4 is 22.8 Å². The summed E-state index contributed by atoms with van der Waals surface area (Å²) in [6, 6.07) is 12.2. The number of hydrogen-bond donors (Lipinski definition) is 4. The van der Waals surface area contributed by atoms with Gasteiger partial charge in [0, 0.05) is 24.9 Å². The van der Waals surface area contributed by atoms with Gasteiger partial charge >= 0.3 is 5.97 Å². The average molecular weight is 491 g/mol. The number of benzene rings is 2. The molecule has 0 saturated heterocycles. The highest BCUT2D eigenvalue weighted by Crippen LogP contribution is 2.30. The molecule has 2 heterocycles.